The predicted molar refractivity (Wildman–Crippen MR) is 70.7 cm³/mol. The van der Waals surface area contributed by atoms with Crippen LogP contribution in [0.2, 0.25) is 0 Å². The van der Waals surface area contributed by atoms with Gasteiger partial charge in [-0.05, 0) is 12.0 Å². The summed E-state index contributed by atoms with van der Waals surface area (Å²) >= 11 is 0. The number of hydrogen-bond acceptors (Lipinski definition) is 2. The highest BCUT2D eigenvalue weighted by Crippen LogP contribution is 1.99. The minimum absolute atomic E-state index is 0.356. The Balaban J connectivity index is 2.30. The molecule has 1 aromatic rings. The van der Waals surface area contributed by atoms with E-state index in [9.17, 15) is 5.11 Å². The quantitative estimate of drug-likeness (QED) is 0.513. The molecule has 1 unspecified atom stereocenters. The van der Waals surface area contributed by atoms with E-state index in [0.717, 1.165) is 18.4 Å². The first-order chi connectivity index (χ1) is 8.22. The molecule has 0 amide bonds. The van der Waals surface area contributed by atoms with E-state index in [0.29, 0.717) is 19.0 Å². The highest BCUT2D eigenvalue weighted by atomic mass is 16.3. The Morgan fingerprint density at radius 1 is 1.41 bits per heavy atom. The first-order valence-corrected chi connectivity index (χ1v) is 5.98. The number of hydrogen-bond donors (Lipinski definition) is 3. The van der Waals surface area contributed by atoms with Gasteiger partial charge in [-0.1, -0.05) is 43.7 Å². The fourth-order valence-electron chi connectivity index (χ4n) is 1.47. The molecule has 0 bridgehead atoms. The van der Waals surface area contributed by atoms with Crippen LogP contribution in [0.15, 0.2) is 35.3 Å². The molecule has 0 spiro atoms. The molecule has 1 atom stereocenters. The maximum Gasteiger partial charge on any atom is 0.189 e. The average molecular weight is 235 g/mol. The number of rotatable bonds is 6. The van der Waals surface area contributed by atoms with Crippen LogP contribution >= 0.6 is 0 Å². The molecule has 4 N–H and O–H groups in total. The number of nitrogens with one attached hydrogen (secondary N) is 1. The van der Waals surface area contributed by atoms with Crippen molar-refractivity contribution in [2.45, 2.75) is 32.4 Å². The van der Waals surface area contributed by atoms with Gasteiger partial charge in [0.1, 0.15) is 0 Å². The topological polar surface area (TPSA) is 70.6 Å². The largest absolute Gasteiger partial charge is 0.391 e. The van der Waals surface area contributed by atoms with Crippen LogP contribution in [0, 0.1) is 0 Å². The summed E-state index contributed by atoms with van der Waals surface area (Å²) in [6.45, 7) is 3.05. The fraction of sp³-hybridized carbons (Fsp3) is 0.462. The highest BCUT2D eigenvalue weighted by Gasteiger charge is 2.02. The minimum atomic E-state index is -0.356. The lowest BCUT2D eigenvalue weighted by Crippen LogP contribution is -2.37. The zero-order chi connectivity index (χ0) is 12.5. The molecule has 0 fully saturated rings. The van der Waals surface area contributed by atoms with Gasteiger partial charge < -0.3 is 16.2 Å². The van der Waals surface area contributed by atoms with E-state index in [-0.39, 0.29) is 6.10 Å². The maximum absolute atomic E-state index is 9.51. The van der Waals surface area contributed by atoms with Gasteiger partial charge in [-0.15, -0.1) is 0 Å². The molecule has 17 heavy (non-hydrogen) atoms. The molecule has 0 aliphatic heterocycles. The van der Waals surface area contributed by atoms with Crippen molar-refractivity contribution in [2.24, 2.45) is 10.7 Å². The Bertz CT molecular complexity index is 338. The van der Waals surface area contributed by atoms with Gasteiger partial charge in [0.2, 0.25) is 0 Å². The molecule has 0 aliphatic carbocycles. The van der Waals surface area contributed by atoms with Gasteiger partial charge in [-0.3, -0.25) is 0 Å². The number of nitrogens with zero attached hydrogens (tertiary/aromatic N) is 1. The van der Waals surface area contributed by atoms with Gasteiger partial charge in [0.15, 0.2) is 5.96 Å². The van der Waals surface area contributed by atoms with Gasteiger partial charge >= 0.3 is 0 Å². The number of aliphatic imine (C=N–C) groups is 1. The molecule has 0 aliphatic rings. The van der Waals surface area contributed by atoms with Crippen molar-refractivity contribution < 1.29 is 5.11 Å². The van der Waals surface area contributed by atoms with E-state index in [1.165, 1.54) is 0 Å². The molecular formula is C13H21N3O. The zero-order valence-electron chi connectivity index (χ0n) is 10.3. The normalized spacial score (nSPS) is 13.4. The Morgan fingerprint density at radius 2 is 2.12 bits per heavy atom. The summed E-state index contributed by atoms with van der Waals surface area (Å²) in [5.74, 6) is 0.379. The van der Waals surface area contributed by atoms with Gasteiger partial charge in [0.05, 0.1) is 12.6 Å². The van der Waals surface area contributed by atoms with Gasteiger partial charge in [0, 0.05) is 6.54 Å². The molecule has 1 rings (SSSR count). The van der Waals surface area contributed by atoms with Crippen molar-refractivity contribution >= 4 is 5.96 Å². The third-order valence-corrected chi connectivity index (χ3v) is 2.42. The second-order valence-corrected chi connectivity index (χ2v) is 4.01. The summed E-state index contributed by atoms with van der Waals surface area (Å²) in [4.78, 5) is 4.20. The van der Waals surface area contributed by atoms with E-state index in [1.54, 1.807) is 0 Å². The second-order valence-electron chi connectivity index (χ2n) is 4.01. The van der Waals surface area contributed by atoms with Crippen molar-refractivity contribution in [3.8, 4) is 0 Å². The van der Waals surface area contributed by atoms with Gasteiger partial charge in [0.25, 0.3) is 0 Å². The van der Waals surface area contributed by atoms with Crippen LogP contribution in [-0.4, -0.2) is 23.7 Å². The molecule has 0 saturated carbocycles. The van der Waals surface area contributed by atoms with E-state index in [1.807, 2.05) is 37.3 Å². The molecule has 4 heteroatoms. The van der Waals surface area contributed by atoms with Crippen LogP contribution in [0.25, 0.3) is 0 Å². The van der Waals surface area contributed by atoms with Crippen LogP contribution in [0.3, 0.4) is 0 Å². The molecule has 0 saturated heterocycles. The van der Waals surface area contributed by atoms with E-state index < -0.39 is 0 Å². The Kier molecular flexibility index (Phi) is 6.10. The van der Waals surface area contributed by atoms with E-state index >= 15 is 0 Å². The van der Waals surface area contributed by atoms with Crippen LogP contribution in [0.1, 0.15) is 25.3 Å². The smallest absolute Gasteiger partial charge is 0.189 e. The summed E-state index contributed by atoms with van der Waals surface area (Å²) in [6.07, 6.45) is 1.38. The Hall–Kier alpha value is -1.55. The van der Waals surface area contributed by atoms with E-state index in [2.05, 4.69) is 10.3 Å². The van der Waals surface area contributed by atoms with Crippen LogP contribution in [0.4, 0.5) is 0 Å². The van der Waals surface area contributed by atoms with Crippen molar-refractivity contribution in [2.75, 3.05) is 6.54 Å². The lowest BCUT2D eigenvalue weighted by atomic mass is 10.2. The zero-order valence-corrected chi connectivity index (χ0v) is 10.3. The number of benzene rings is 1. The van der Waals surface area contributed by atoms with Crippen LogP contribution in [-0.2, 0) is 6.54 Å². The molecule has 1 aromatic carbocycles. The Labute approximate surface area is 103 Å². The third kappa shape index (κ3) is 5.92. The van der Waals surface area contributed by atoms with Gasteiger partial charge in [-0.25, -0.2) is 4.99 Å². The van der Waals surface area contributed by atoms with Crippen molar-refractivity contribution in [3.05, 3.63) is 35.9 Å². The molecular weight excluding hydrogens is 214 g/mol. The monoisotopic (exact) mass is 235 g/mol. The lowest BCUT2D eigenvalue weighted by molar-refractivity contribution is 0.166. The fourth-order valence-corrected chi connectivity index (χ4v) is 1.47. The first-order valence-electron chi connectivity index (χ1n) is 5.98. The highest BCUT2D eigenvalue weighted by molar-refractivity contribution is 5.77. The molecule has 0 aromatic heterocycles. The number of guanidine groups is 1. The third-order valence-electron chi connectivity index (χ3n) is 2.42. The average Bonchev–Trinajstić information content (AvgIpc) is 2.35. The molecule has 0 radical (unpaired) electrons. The Morgan fingerprint density at radius 3 is 2.76 bits per heavy atom. The number of nitrogens with two attached hydrogens (primary N) is 1. The lowest BCUT2D eigenvalue weighted by Gasteiger charge is -2.10. The SMILES string of the molecule is CCCC(O)CNC(N)=NCc1ccccc1. The standard InChI is InChI=1S/C13H21N3O/c1-2-6-12(17)10-16-13(14)15-9-11-7-4-3-5-8-11/h3-5,7-8,12,17H,2,6,9-10H2,1H3,(H3,14,15,16). The summed E-state index contributed by atoms with van der Waals surface area (Å²) in [5, 5.41) is 12.4. The number of aliphatic hydroxyl groups excluding tert-OH is 1. The molecule has 94 valence electrons. The van der Waals surface area contributed by atoms with Crippen LogP contribution in [0.5, 0.6) is 0 Å². The molecule has 4 nitrogen and oxygen atoms in total. The number of aliphatic hydroxyl groups is 1. The summed E-state index contributed by atoms with van der Waals surface area (Å²) < 4.78 is 0. The summed E-state index contributed by atoms with van der Waals surface area (Å²) in [6, 6.07) is 9.92. The van der Waals surface area contributed by atoms with Crippen molar-refractivity contribution in [1.82, 2.24) is 5.32 Å². The predicted octanol–water partition coefficient (Wildman–Crippen LogP) is 1.25. The summed E-state index contributed by atoms with van der Waals surface area (Å²) in [5.41, 5.74) is 6.81. The first kappa shape index (κ1) is 13.5. The van der Waals surface area contributed by atoms with Gasteiger partial charge in [-0.2, -0.15) is 0 Å². The van der Waals surface area contributed by atoms with Crippen molar-refractivity contribution in [1.29, 1.82) is 0 Å². The van der Waals surface area contributed by atoms with E-state index in [4.69, 9.17) is 5.73 Å². The van der Waals surface area contributed by atoms with Crippen molar-refractivity contribution in [3.63, 3.8) is 0 Å². The maximum atomic E-state index is 9.51. The second kappa shape index (κ2) is 7.68. The minimum Gasteiger partial charge on any atom is -0.391 e. The van der Waals surface area contributed by atoms with Crippen LogP contribution < -0.4 is 11.1 Å². The summed E-state index contributed by atoms with van der Waals surface area (Å²) in [7, 11) is 0. The molecule has 0 heterocycles.